The standard InChI is InChI=1S/C11H17ClS/c1-2-10(12)6-3-4-7-11-8-5-9-13-11/h5,8-10H,2-4,6-7H2,1H3. The molecule has 0 aliphatic rings. The van der Waals surface area contributed by atoms with Crippen molar-refractivity contribution in [3.63, 3.8) is 0 Å². The molecule has 0 N–H and O–H groups in total. The lowest BCUT2D eigenvalue weighted by Crippen LogP contribution is -1.95. The molecule has 1 unspecified atom stereocenters. The lowest BCUT2D eigenvalue weighted by atomic mass is 10.1. The van der Waals surface area contributed by atoms with Crippen LogP contribution in [0.15, 0.2) is 17.5 Å². The Balaban J connectivity index is 2.02. The summed E-state index contributed by atoms with van der Waals surface area (Å²) in [5, 5.41) is 2.54. The maximum absolute atomic E-state index is 6.03. The van der Waals surface area contributed by atoms with E-state index < -0.39 is 0 Å². The predicted octanol–water partition coefficient (Wildman–Crippen LogP) is 4.48. The molecule has 0 fully saturated rings. The lowest BCUT2D eigenvalue weighted by Gasteiger charge is -2.04. The van der Waals surface area contributed by atoms with Crippen molar-refractivity contribution < 1.29 is 0 Å². The van der Waals surface area contributed by atoms with Gasteiger partial charge in [0.2, 0.25) is 0 Å². The Morgan fingerprint density at radius 3 is 2.92 bits per heavy atom. The molecule has 0 saturated heterocycles. The van der Waals surface area contributed by atoms with E-state index in [9.17, 15) is 0 Å². The van der Waals surface area contributed by atoms with Crippen LogP contribution in [0.1, 0.15) is 37.5 Å². The van der Waals surface area contributed by atoms with Crippen LogP contribution in [0.4, 0.5) is 0 Å². The summed E-state index contributed by atoms with van der Waals surface area (Å²) in [5.74, 6) is 0. The Morgan fingerprint density at radius 2 is 2.31 bits per heavy atom. The van der Waals surface area contributed by atoms with Crippen LogP contribution >= 0.6 is 22.9 Å². The molecule has 0 bridgehead atoms. The molecule has 0 saturated carbocycles. The quantitative estimate of drug-likeness (QED) is 0.486. The minimum atomic E-state index is 0.392. The van der Waals surface area contributed by atoms with Gasteiger partial charge in [-0.25, -0.2) is 0 Å². The maximum atomic E-state index is 6.03. The van der Waals surface area contributed by atoms with Gasteiger partial charge in [-0.2, -0.15) is 0 Å². The molecule has 1 aromatic heterocycles. The Bertz CT molecular complexity index is 206. The van der Waals surface area contributed by atoms with Crippen LogP contribution in [0, 0.1) is 0 Å². The van der Waals surface area contributed by atoms with Gasteiger partial charge in [0.15, 0.2) is 0 Å². The van der Waals surface area contributed by atoms with Gasteiger partial charge in [0, 0.05) is 10.3 Å². The van der Waals surface area contributed by atoms with Crippen LogP contribution in [0.25, 0.3) is 0 Å². The molecule has 13 heavy (non-hydrogen) atoms. The van der Waals surface area contributed by atoms with Crippen LogP contribution in [0.3, 0.4) is 0 Å². The van der Waals surface area contributed by atoms with Crippen LogP contribution in [-0.2, 0) is 6.42 Å². The smallest absolute Gasteiger partial charge is 0.0333 e. The van der Waals surface area contributed by atoms with Crippen molar-refractivity contribution in [1.29, 1.82) is 0 Å². The average molecular weight is 217 g/mol. The van der Waals surface area contributed by atoms with Crippen molar-refractivity contribution in [2.75, 3.05) is 0 Å². The molecule has 0 aliphatic heterocycles. The number of halogens is 1. The molecule has 2 heteroatoms. The Hall–Kier alpha value is -0.0100. The topological polar surface area (TPSA) is 0 Å². The van der Waals surface area contributed by atoms with E-state index in [2.05, 4.69) is 24.4 Å². The van der Waals surface area contributed by atoms with Crippen molar-refractivity contribution in [3.8, 4) is 0 Å². The van der Waals surface area contributed by atoms with E-state index in [1.54, 1.807) is 0 Å². The summed E-state index contributed by atoms with van der Waals surface area (Å²) in [6, 6.07) is 4.33. The highest BCUT2D eigenvalue weighted by molar-refractivity contribution is 7.09. The largest absolute Gasteiger partial charge is 0.149 e. The Morgan fingerprint density at radius 1 is 1.46 bits per heavy atom. The van der Waals surface area contributed by atoms with Crippen LogP contribution in [0.5, 0.6) is 0 Å². The average Bonchev–Trinajstić information content (AvgIpc) is 2.64. The Kier molecular flexibility index (Phi) is 5.49. The summed E-state index contributed by atoms with van der Waals surface area (Å²) in [6.45, 7) is 2.15. The third-order valence-electron chi connectivity index (χ3n) is 2.21. The van der Waals surface area contributed by atoms with Gasteiger partial charge >= 0.3 is 0 Å². The molecule has 0 radical (unpaired) electrons. The zero-order chi connectivity index (χ0) is 9.52. The van der Waals surface area contributed by atoms with Gasteiger partial charge in [0.25, 0.3) is 0 Å². The van der Waals surface area contributed by atoms with Gasteiger partial charge in [0.05, 0.1) is 0 Å². The van der Waals surface area contributed by atoms with Crippen molar-refractivity contribution in [2.45, 2.75) is 44.4 Å². The molecule has 0 nitrogen and oxygen atoms in total. The van der Waals surface area contributed by atoms with Gasteiger partial charge in [-0.1, -0.05) is 19.4 Å². The number of alkyl halides is 1. The highest BCUT2D eigenvalue weighted by Gasteiger charge is 2.00. The van der Waals surface area contributed by atoms with E-state index in [4.69, 9.17) is 11.6 Å². The van der Waals surface area contributed by atoms with E-state index >= 15 is 0 Å². The van der Waals surface area contributed by atoms with Gasteiger partial charge in [0.1, 0.15) is 0 Å². The summed E-state index contributed by atoms with van der Waals surface area (Å²) in [7, 11) is 0. The number of unbranched alkanes of at least 4 members (excludes halogenated alkanes) is 1. The number of rotatable bonds is 6. The van der Waals surface area contributed by atoms with Crippen LogP contribution in [0.2, 0.25) is 0 Å². The zero-order valence-electron chi connectivity index (χ0n) is 8.13. The van der Waals surface area contributed by atoms with E-state index in [0.717, 1.165) is 6.42 Å². The molecule has 1 aromatic rings. The third kappa shape index (κ3) is 4.68. The number of hydrogen-bond acceptors (Lipinski definition) is 1. The first-order valence-corrected chi connectivity index (χ1v) is 6.31. The highest BCUT2D eigenvalue weighted by atomic mass is 35.5. The molecule has 74 valence electrons. The fraction of sp³-hybridized carbons (Fsp3) is 0.636. The van der Waals surface area contributed by atoms with E-state index in [0.29, 0.717) is 5.38 Å². The lowest BCUT2D eigenvalue weighted by molar-refractivity contribution is 0.641. The molecule has 0 aliphatic carbocycles. The number of thiophene rings is 1. The van der Waals surface area contributed by atoms with Gasteiger partial charge in [-0.15, -0.1) is 22.9 Å². The SMILES string of the molecule is CCC(Cl)CCCCc1cccs1. The first-order chi connectivity index (χ1) is 6.33. The first-order valence-electron chi connectivity index (χ1n) is 4.99. The Labute approximate surface area is 89.9 Å². The first kappa shape index (κ1) is 11.1. The number of aryl methyl sites for hydroxylation is 1. The molecular weight excluding hydrogens is 200 g/mol. The van der Waals surface area contributed by atoms with E-state index in [1.807, 2.05) is 11.3 Å². The van der Waals surface area contributed by atoms with Crippen LogP contribution < -0.4 is 0 Å². The molecule has 0 amide bonds. The van der Waals surface area contributed by atoms with Gasteiger partial charge in [-0.3, -0.25) is 0 Å². The van der Waals surface area contributed by atoms with Crippen molar-refractivity contribution in [2.24, 2.45) is 0 Å². The second-order valence-electron chi connectivity index (χ2n) is 3.33. The second kappa shape index (κ2) is 6.44. The second-order valence-corrected chi connectivity index (χ2v) is 4.98. The molecule has 1 atom stereocenters. The molecule has 1 rings (SSSR count). The molecular formula is C11H17ClS. The summed E-state index contributed by atoms with van der Waals surface area (Å²) < 4.78 is 0. The fourth-order valence-electron chi connectivity index (χ4n) is 1.32. The van der Waals surface area contributed by atoms with Crippen molar-refractivity contribution in [3.05, 3.63) is 22.4 Å². The highest BCUT2D eigenvalue weighted by Crippen LogP contribution is 2.15. The molecule has 0 aromatic carbocycles. The summed E-state index contributed by atoms with van der Waals surface area (Å²) in [5.41, 5.74) is 0. The monoisotopic (exact) mass is 216 g/mol. The third-order valence-corrected chi connectivity index (χ3v) is 3.68. The molecule has 1 heterocycles. The summed E-state index contributed by atoms with van der Waals surface area (Å²) in [4.78, 5) is 1.50. The molecule has 0 spiro atoms. The predicted molar refractivity (Wildman–Crippen MR) is 61.8 cm³/mol. The fourth-order valence-corrected chi connectivity index (χ4v) is 2.23. The van der Waals surface area contributed by atoms with Crippen molar-refractivity contribution in [1.82, 2.24) is 0 Å². The maximum Gasteiger partial charge on any atom is 0.0333 e. The zero-order valence-corrected chi connectivity index (χ0v) is 9.70. The minimum Gasteiger partial charge on any atom is -0.149 e. The number of hydrogen-bond donors (Lipinski definition) is 0. The van der Waals surface area contributed by atoms with Gasteiger partial charge < -0.3 is 0 Å². The van der Waals surface area contributed by atoms with Crippen molar-refractivity contribution >= 4 is 22.9 Å². The minimum absolute atomic E-state index is 0.392. The van der Waals surface area contributed by atoms with E-state index in [-0.39, 0.29) is 0 Å². The normalized spacial score (nSPS) is 13.1. The van der Waals surface area contributed by atoms with Crippen LogP contribution in [-0.4, -0.2) is 5.38 Å². The summed E-state index contributed by atoms with van der Waals surface area (Å²) >= 11 is 7.88. The summed E-state index contributed by atoms with van der Waals surface area (Å²) in [6.07, 6.45) is 6.04. The van der Waals surface area contributed by atoms with E-state index in [1.165, 1.54) is 30.6 Å². The van der Waals surface area contributed by atoms with Gasteiger partial charge in [-0.05, 0) is 37.1 Å².